The molecule has 2 rings (SSSR count). The molecule has 1 atom stereocenters. The van der Waals surface area contributed by atoms with Crippen LogP contribution in [0.4, 0.5) is 0 Å². The molecule has 0 saturated carbocycles. The van der Waals surface area contributed by atoms with Gasteiger partial charge in [-0.2, -0.15) is 0 Å². The van der Waals surface area contributed by atoms with Gasteiger partial charge in [-0.05, 0) is 58.3 Å². The van der Waals surface area contributed by atoms with Gasteiger partial charge >= 0.3 is 0 Å². The van der Waals surface area contributed by atoms with E-state index in [0.717, 1.165) is 25.2 Å². The molecular formula is C12H24N2O. The Labute approximate surface area is 93.2 Å². The zero-order valence-electron chi connectivity index (χ0n) is 9.87. The first-order valence-corrected chi connectivity index (χ1v) is 6.36. The van der Waals surface area contributed by atoms with Crippen molar-refractivity contribution in [3.63, 3.8) is 0 Å². The molecule has 0 amide bonds. The third-order valence-corrected chi connectivity index (χ3v) is 3.87. The third kappa shape index (κ3) is 3.16. The molecule has 0 spiro atoms. The van der Waals surface area contributed by atoms with E-state index in [1.165, 1.54) is 45.3 Å². The Kier molecular flexibility index (Phi) is 4.42. The molecular weight excluding hydrogens is 188 g/mol. The van der Waals surface area contributed by atoms with E-state index < -0.39 is 0 Å². The van der Waals surface area contributed by atoms with Crippen molar-refractivity contribution in [2.24, 2.45) is 5.92 Å². The van der Waals surface area contributed by atoms with Gasteiger partial charge in [0.1, 0.15) is 0 Å². The second kappa shape index (κ2) is 5.83. The summed E-state index contributed by atoms with van der Waals surface area (Å²) in [6.07, 6.45) is 5.38. The molecule has 0 aromatic carbocycles. The van der Waals surface area contributed by atoms with Crippen molar-refractivity contribution in [1.29, 1.82) is 0 Å². The SMILES string of the molecule is CNCCC1CCN(C2CCOC2)CC1. The van der Waals surface area contributed by atoms with Crippen LogP contribution in [0.5, 0.6) is 0 Å². The number of nitrogens with one attached hydrogen (secondary N) is 1. The zero-order valence-corrected chi connectivity index (χ0v) is 9.87. The van der Waals surface area contributed by atoms with E-state index in [4.69, 9.17) is 4.74 Å². The maximum atomic E-state index is 5.45. The summed E-state index contributed by atoms with van der Waals surface area (Å²) in [5.41, 5.74) is 0. The lowest BCUT2D eigenvalue weighted by Gasteiger charge is -2.35. The summed E-state index contributed by atoms with van der Waals surface area (Å²) in [6, 6.07) is 0.732. The lowest BCUT2D eigenvalue weighted by molar-refractivity contribution is 0.108. The fraction of sp³-hybridized carbons (Fsp3) is 1.00. The fourth-order valence-corrected chi connectivity index (χ4v) is 2.77. The molecule has 2 heterocycles. The number of piperidine rings is 1. The Morgan fingerprint density at radius 1 is 1.27 bits per heavy atom. The highest BCUT2D eigenvalue weighted by atomic mass is 16.5. The maximum absolute atomic E-state index is 5.45. The largest absolute Gasteiger partial charge is 0.380 e. The maximum Gasteiger partial charge on any atom is 0.0622 e. The average molecular weight is 212 g/mol. The average Bonchev–Trinajstić information content (AvgIpc) is 2.80. The number of hydrogen-bond donors (Lipinski definition) is 1. The van der Waals surface area contributed by atoms with Crippen molar-refractivity contribution in [1.82, 2.24) is 10.2 Å². The van der Waals surface area contributed by atoms with E-state index in [0.29, 0.717) is 0 Å². The van der Waals surface area contributed by atoms with Crippen LogP contribution in [-0.2, 0) is 4.74 Å². The second-order valence-corrected chi connectivity index (χ2v) is 4.89. The van der Waals surface area contributed by atoms with Crippen LogP contribution in [0, 0.1) is 5.92 Å². The van der Waals surface area contributed by atoms with Crippen LogP contribution in [-0.4, -0.2) is 50.8 Å². The predicted molar refractivity (Wildman–Crippen MR) is 62.1 cm³/mol. The van der Waals surface area contributed by atoms with E-state index in [2.05, 4.69) is 10.2 Å². The second-order valence-electron chi connectivity index (χ2n) is 4.89. The molecule has 3 heteroatoms. The summed E-state index contributed by atoms with van der Waals surface area (Å²) < 4.78 is 5.45. The molecule has 1 N–H and O–H groups in total. The summed E-state index contributed by atoms with van der Waals surface area (Å²) in [7, 11) is 2.05. The van der Waals surface area contributed by atoms with Crippen LogP contribution in [0.3, 0.4) is 0 Å². The molecule has 88 valence electrons. The van der Waals surface area contributed by atoms with Gasteiger partial charge in [-0.15, -0.1) is 0 Å². The third-order valence-electron chi connectivity index (χ3n) is 3.87. The van der Waals surface area contributed by atoms with Gasteiger partial charge < -0.3 is 10.1 Å². The summed E-state index contributed by atoms with van der Waals surface area (Å²) in [5, 5.41) is 3.25. The van der Waals surface area contributed by atoms with Crippen molar-refractivity contribution < 1.29 is 4.74 Å². The van der Waals surface area contributed by atoms with Crippen molar-refractivity contribution in [2.75, 3.05) is 39.9 Å². The quantitative estimate of drug-likeness (QED) is 0.755. The minimum Gasteiger partial charge on any atom is -0.380 e. The van der Waals surface area contributed by atoms with Crippen molar-refractivity contribution in [2.45, 2.75) is 31.7 Å². The van der Waals surface area contributed by atoms with Crippen LogP contribution < -0.4 is 5.32 Å². The summed E-state index contributed by atoms with van der Waals surface area (Å²) in [6.45, 7) is 5.72. The smallest absolute Gasteiger partial charge is 0.0622 e. The van der Waals surface area contributed by atoms with Crippen LogP contribution in [0.1, 0.15) is 25.7 Å². The molecule has 3 nitrogen and oxygen atoms in total. The Morgan fingerprint density at radius 3 is 2.67 bits per heavy atom. The lowest BCUT2D eigenvalue weighted by atomic mass is 9.92. The highest BCUT2D eigenvalue weighted by Crippen LogP contribution is 2.23. The van der Waals surface area contributed by atoms with Crippen molar-refractivity contribution in [3.05, 3.63) is 0 Å². The van der Waals surface area contributed by atoms with Crippen LogP contribution in [0.2, 0.25) is 0 Å². The molecule has 0 aromatic rings. The highest BCUT2D eigenvalue weighted by Gasteiger charge is 2.27. The number of rotatable bonds is 4. The van der Waals surface area contributed by atoms with E-state index in [1.54, 1.807) is 0 Å². The van der Waals surface area contributed by atoms with Gasteiger partial charge in [0.05, 0.1) is 6.61 Å². The first-order chi connectivity index (χ1) is 7.40. The van der Waals surface area contributed by atoms with Crippen LogP contribution in [0.15, 0.2) is 0 Å². The van der Waals surface area contributed by atoms with Gasteiger partial charge in [0.25, 0.3) is 0 Å². The van der Waals surface area contributed by atoms with Gasteiger partial charge in [-0.3, -0.25) is 4.90 Å². The molecule has 0 radical (unpaired) electrons. The molecule has 2 aliphatic rings. The summed E-state index contributed by atoms with van der Waals surface area (Å²) in [4.78, 5) is 2.64. The number of likely N-dealkylation sites (tertiary alicyclic amines) is 1. The zero-order chi connectivity index (χ0) is 10.5. The van der Waals surface area contributed by atoms with Gasteiger partial charge in [-0.1, -0.05) is 0 Å². The van der Waals surface area contributed by atoms with Gasteiger partial charge in [-0.25, -0.2) is 0 Å². The standard InChI is InChI=1S/C12H24N2O/c1-13-6-2-11-3-7-14(8-4-11)12-5-9-15-10-12/h11-13H,2-10H2,1H3. The molecule has 15 heavy (non-hydrogen) atoms. The molecule has 0 aromatic heterocycles. The minimum absolute atomic E-state index is 0.732. The first kappa shape index (κ1) is 11.4. The number of nitrogens with zero attached hydrogens (tertiary/aromatic N) is 1. The summed E-state index contributed by atoms with van der Waals surface area (Å²) >= 11 is 0. The normalized spacial score (nSPS) is 29.8. The lowest BCUT2D eigenvalue weighted by Crippen LogP contribution is -2.42. The van der Waals surface area contributed by atoms with Gasteiger partial charge in [0, 0.05) is 12.6 Å². The van der Waals surface area contributed by atoms with Crippen molar-refractivity contribution >= 4 is 0 Å². The number of ether oxygens (including phenoxy) is 1. The monoisotopic (exact) mass is 212 g/mol. The Balaban J connectivity index is 1.67. The Bertz CT molecular complexity index is 172. The minimum atomic E-state index is 0.732. The Hall–Kier alpha value is -0.120. The van der Waals surface area contributed by atoms with E-state index in [-0.39, 0.29) is 0 Å². The van der Waals surface area contributed by atoms with Crippen LogP contribution >= 0.6 is 0 Å². The fourth-order valence-electron chi connectivity index (χ4n) is 2.77. The number of hydrogen-bond acceptors (Lipinski definition) is 3. The van der Waals surface area contributed by atoms with Gasteiger partial charge in [0.2, 0.25) is 0 Å². The predicted octanol–water partition coefficient (Wildman–Crippen LogP) is 1.10. The highest BCUT2D eigenvalue weighted by molar-refractivity contribution is 4.80. The molecule has 1 unspecified atom stereocenters. The van der Waals surface area contributed by atoms with E-state index in [1.807, 2.05) is 7.05 Å². The first-order valence-electron chi connectivity index (χ1n) is 6.36. The van der Waals surface area contributed by atoms with Gasteiger partial charge in [0.15, 0.2) is 0 Å². The van der Waals surface area contributed by atoms with E-state index >= 15 is 0 Å². The molecule has 2 aliphatic heterocycles. The van der Waals surface area contributed by atoms with Crippen LogP contribution in [0.25, 0.3) is 0 Å². The van der Waals surface area contributed by atoms with E-state index in [9.17, 15) is 0 Å². The summed E-state index contributed by atoms with van der Waals surface area (Å²) in [5.74, 6) is 0.955. The molecule has 2 fully saturated rings. The van der Waals surface area contributed by atoms with Crippen molar-refractivity contribution in [3.8, 4) is 0 Å². The Morgan fingerprint density at radius 2 is 2.07 bits per heavy atom. The molecule has 0 aliphatic carbocycles. The molecule has 0 bridgehead atoms. The topological polar surface area (TPSA) is 24.5 Å². The molecule has 2 saturated heterocycles.